The smallest absolute Gasteiger partial charge is 0.241 e. The lowest BCUT2D eigenvalue weighted by atomic mass is 10.1. The molecule has 8 heteroatoms. The van der Waals surface area contributed by atoms with Crippen molar-refractivity contribution in [2.45, 2.75) is 26.3 Å². The van der Waals surface area contributed by atoms with Crippen molar-refractivity contribution in [1.29, 1.82) is 0 Å². The molecule has 0 radical (unpaired) electrons. The fourth-order valence-electron chi connectivity index (χ4n) is 2.64. The van der Waals surface area contributed by atoms with Crippen molar-refractivity contribution in [2.24, 2.45) is 12.0 Å². The van der Waals surface area contributed by atoms with Gasteiger partial charge in [-0.05, 0) is 18.4 Å². The molecule has 0 fully saturated rings. The number of aryl methyl sites for hydroxylation is 2. The summed E-state index contributed by atoms with van der Waals surface area (Å²) in [6.45, 7) is 3.55. The number of likely N-dealkylation sites (N-methyl/N-ethyl adjacent to an activating group) is 1. The van der Waals surface area contributed by atoms with Crippen molar-refractivity contribution >= 4 is 35.8 Å². The van der Waals surface area contributed by atoms with Gasteiger partial charge in [-0.2, -0.15) is 5.10 Å². The van der Waals surface area contributed by atoms with Gasteiger partial charge in [0.2, 0.25) is 5.91 Å². The highest BCUT2D eigenvalue weighted by molar-refractivity contribution is 14.0. The molecule has 0 saturated heterocycles. The van der Waals surface area contributed by atoms with E-state index in [1.165, 1.54) is 5.56 Å². The molecule has 0 aliphatic heterocycles. The quantitative estimate of drug-likeness (QED) is 0.332. The van der Waals surface area contributed by atoms with Crippen LogP contribution in [0, 0.1) is 0 Å². The van der Waals surface area contributed by atoms with Crippen molar-refractivity contribution in [3.63, 3.8) is 0 Å². The van der Waals surface area contributed by atoms with Crippen LogP contribution in [-0.4, -0.2) is 53.7 Å². The Kier molecular flexibility index (Phi) is 10.6. The summed E-state index contributed by atoms with van der Waals surface area (Å²) in [6, 6.07) is 10.3. The second-order valence-corrected chi connectivity index (χ2v) is 6.60. The molecule has 2 N–H and O–H groups in total. The molecule has 1 aromatic heterocycles. The van der Waals surface area contributed by atoms with Crippen molar-refractivity contribution in [1.82, 2.24) is 25.3 Å². The van der Waals surface area contributed by atoms with Gasteiger partial charge in [-0.1, -0.05) is 37.3 Å². The first-order valence-corrected chi connectivity index (χ1v) is 9.27. The lowest BCUT2D eigenvalue weighted by Crippen LogP contribution is -2.43. The topological polar surface area (TPSA) is 74.5 Å². The van der Waals surface area contributed by atoms with Crippen LogP contribution in [0.15, 0.2) is 41.5 Å². The number of nitrogens with zero attached hydrogens (tertiary/aromatic N) is 4. The average molecular weight is 498 g/mol. The summed E-state index contributed by atoms with van der Waals surface area (Å²) >= 11 is 0. The Morgan fingerprint density at radius 1 is 1.21 bits per heavy atom. The van der Waals surface area contributed by atoms with E-state index >= 15 is 0 Å². The Hall–Kier alpha value is -2.10. The van der Waals surface area contributed by atoms with Crippen LogP contribution >= 0.6 is 24.0 Å². The van der Waals surface area contributed by atoms with Gasteiger partial charge in [0, 0.05) is 39.4 Å². The highest BCUT2D eigenvalue weighted by atomic mass is 127. The second kappa shape index (κ2) is 12.4. The summed E-state index contributed by atoms with van der Waals surface area (Å²) < 4.78 is 1.81. The molecule has 154 valence electrons. The van der Waals surface area contributed by atoms with E-state index in [1.807, 2.05) is 36.1 Å². The minimum absolute atomic E-state index is 0. The first kappa shape index (κ1) is 23.9. The Labute approximate surface area is 184 Å². The zero-order valence-corrected chi connectivity index (χ0v) is 19.4. The van der Waals surface area contributed by atoms with Crippen LogP contribution in [0.5, 0.6) is 0 Å². The summed E-state index contributed by atoms with van der Waals surface area (Å²) in [4.78, 5) is 18.1. The molecule has 0 spiro atoms. The van der Waals surface area contributed by atoms with Crippen molar-refractivity contribution < 1.29 is 4.79 Å². The average Bonchev–Trinajstić information content (AvgIpc) is 3.03. The van der Waals surface area contributed by atoms with E-state index in [9.17, 15) is 4.79 Å². The van der Waals surface area contributed by atoms with E-state index in [0.29, 0.717) is 12.5 Å². The number of aliphatic imine (C=N–C) groups is 1. The van der Waals surface area contributed by atoms with E-state index in [4.69, 9.17) is 0 Å². The van der Waals surface area contributed by atoms with Crippen LogP contribution in [0.4, 0.5) is 0 Å². The molecule has 0 aliphatic rings. The molecule has 2 aromatic rings. The van der Waals surface area contributed by atoms with E-state index < -0.39 is 0 Å². The Morgan fingerprint density at radius 2 is 1.93 bits per heavy atom. The van der Waals surface area contributed by atoms with Crippen molar-refractivity contribution in [2.75, 3.05) is 27.2 Å². The zero-order valence-electron chi connectivity index (χ0n) is 17.1. The van der Waals surface area contributed by atoms with Crippen molar-refractivity contribution in [3.05, 3.63) is 53.3 Å². The normalized spacial score (nSPS) is 10.9. The van der Waals surface area contributed by atoms with Crippen molar-refractivity contribution in [3.8, 4) is 0 Å². The molecular weight excluding hydrogens is 467 g/mol. The molecule has 1 heterocycles. The molecule has 1 amide bonds. The summed E-state index contributed by atoms with van der Waals surface area (Å²) in [6.07, 6.45) is 3.75. The zero-order chi connectivity index (χ0) is 19.6. The minimum Gasteiger partial charge on any atom is -0.356 e. The minimum atomic E-state index is 0. The SMILES string of the molecule is CCc1nn(C)cc1CN=C(NCCc1ccccc1)NCC(=O)N(C)C.I. The standard InChI is InChI=1S/C20H30N6O.HI/c1-5-18-17(15-26(4)24-18)13-22-20(23-14-19(27)25(2)3)21-12-11-16-9-7-6-8-10-16;/h6-10,15H,5,11-14H2,1-4H3,(H2,21,22,23);1H. The van der Waals surface area contributed by atoms with Gasteiger partial charge in [-0.25, -0.2) is 4.99 Å². The van der Waals surface area contributed by atoms with Gasteiger partial charge >= 0.3 is 0 Å². The fourth-order valence-corrected chi connectivity index (χ4v) is 2.64. The van der Waals surface area contributed by atoms with E-state index in [0.717, 1.165) is 30.6 Å². The number of amides is 1. The maximum absolute atomic E-state index is 11.9. The van der Waals surface area contributed by atoms with Crippen LogP contribution in [0.1, 0.15) is 23.7 Å². The number of benzene rings is 1. The number of hydrogen-bond donors (Lipinski definition) is 2. The lowest BCUT2D eigenvalue weighted by molar-refractivity contribution is -0.127. The summed E-state index contributed by atoms with van der Waals surface area (Å²) in [5.41, 5.74) is 3.41. The van der Waals surface area contributed by atoms with Crippen LogP contribution in [-0.2, 0) is 31.2 Å². The summed E-state index contributed by atoms with van der Waals surface area (Å²) in [5, 5.41) is 10.9. The molecular formula is C20H31IN6O. The largest absolute Gasteiger partial charge is 0.356 e. The van der Waals surface area contributed by atoms with Gasteiger partial charge in [0.05, 0.1) is 18.8 Å². The summed E-state index contributed by atoms with van der Waals surface area (Å²) in [5.74, 6) is 0.634. The van der Waals surface area contributed by atoms with Crippen LogP contribution in [0.3, 0.4) is 0 Å². The molecule has 0 unspecified atom stereocenters. The molecule has 1 aromatic carbocycles. The molecule has 28 heavy (non-hydrogen) atoms. The molecule has 0 atom stereocenters. The van der Waals surface area contributed by atoms with Crippen LogP contribution in [0.2, 0.25) is 0 Å². The highest BCUT2D eigenvalue weighted by Gasteiger charge is 2.08. The number of guanidine groups is 1. The Balaban J connectivity index is 0.00000392. The first-order chi connectivity index (χ1) is 13.0. The van der Waals surface area contributed by atoms with Gasteiger partial charge < -0.3 is 15.5 Å². The van der Waals surface area contributed by atoms with Crippen LogP contribution < -0.4 is 10.6 Å². The van der Waals surface area contributed by atoms with E-state index in [1.54, 1.807) is 19.0 Å². The van der Waals surface area contributed by atoms with Gasteiger partial charge in [0.25, 0.3) is 0 Å². The molecule has 0 bridgehead atoms. The molecule has 2 rings (SSSR count). The maximum atomic E-state index is 11.9. The predicted molar refractivity (Wildman–Crippen MR) is 124 cm³/mol. The molecule has 7 nitrogen and oxygen atoms in total. The predicted octanol–water partition coefficient (Wildman–Crippen LogP) is 1.97. The number of carbonyl (C=O) groups is 1. The third-order valence-electron chi connectivity index (χ3n) is 4.19. The third-order valence-corrected chi connectivity index (χ3v) is 4.19. The number of hydrogen-bond acceptors (Lipinski definition) is 3. The van der Waals surface area contributed by atoms with Gasteiger partial charge in [-0.3, -0.25) is 9.48 Å². The number of carbonyl (C=O) groups excluding carboxylic acids is 1. The Bertz CT molecular complexity index is 757. The number of rotatable bonds is 8. The highest BCUT2D eigenvalue weighted by Crippen LogP contribution is 2.08. The Morgan fingerprint density at radius 3 is 2.57 bits per heavy atom. The molecule has 0 aliphatic carbocycles. The third kappa shape index (κ3) is 7.87. The first-order valence-electron chi connectivity index (χ1n) is 9.27. The monoisotopic (exact) mass is 498 g/mol. The van der Waals surface area contributed by atoms with Gasteiger partial charge in [0.15, 0.2) is 5.96 Å². The van der Waals surface area contributed by atoms with Gasteiger partial charge in [-0.15, -0.1) is 24.0 Å². The van der Waals surface area contributed by atoms with Gasteiger partial charge in [0.1, 0.15) is 0 Å². The fraction of sp³-hybridized carbons (Fsp3) is 0.450. The number of halogens is 1. The molecule has 0 saturated carbocycles. The second-order valence-electron chi connectivity index (χ2n) is 6.60. The number of aromatic nitrogens is 2. The van der Waals surface area contributed by atoms with E-state index in [2.05, 4.69) is 39.8 Å². The summed E-state index contributed by atoms with van der Waals surface area (Å²) in [7, 11) is 5.40. The number of nitrogens with one attached hydrogen (secondary N) is 2. The maximum Gasteiger partial charge on any atom is 0.241 e. The van der Waals surface area contributed by atoms with E-state index in [-0.39, 0.29) is 36.4 Å². The van der Waals surface area contributed by atoms with Crippen LogP contribution in [0.25, 0.3) is 0 Å². The lowest BCUT2D eigenvalue weighted by Gasteiger charge is -2.15.